The summed E-state index contributed by atoms with van der Waals surface area (Å²) in [7, 11) is 0. The van der Waals surface area contributed by atoms with E-state index in [9.17, 15) is 4.79 Å². The van der Waals surface area contributed by atoms with Gasteiger partial charge in [0, 0.05) is 12.5 Å². The van der Waals surface area contributed by atoms with Crippen molar-refractivity contribution >= 4 is 6.29 Å². The number of rotatable bonds is 3. The van der Waals surface area contributed by atoms with Crippen molar-refractivity contribution in [3.63, 3.8) is 0 Å². The van der Waals surface area contributed by atoms with Gasteiger partial charge in [-0.3, -0.25) is 0 Å². The zero-order valence-electron chi connectivity index (χ0n) is 5.67. The molecule has 1 rings (SSSR count). The van der Waals surface area contributed by atoms with E-state index in [0.717, 1.165) is 25.7 Å². The fourth-order valence-electron chi connectivity index (χ4n) is 1.07. The van der Waals surface area contributed by atoms with Crippen molar-refractivity contribution in [2.75, 3.05) is 6.61 Å². The van der Waals surface area contributed by atoms with E-state index in [1.807, 2.05) is 6.92 Å². The average Bonchev–Trinajstić information content (AvgIpc) is 1.82. The zero-order chi connectivity index (χ0) is 6.69. The van der Waals surface area contributed by atoms with Gasteiger partial charge in [-0.2, -0.15) is 0 Å². The number of hydrogen-bond donors (Lipinski definition) is 0. The normalized spacial score (nSPS) is 33.4. The van der Waals surface area contributed by atoms with Crippen LogP contribution in [0.15, 0.2) is 0 Å². The van der Waals surface area contributed by atoms with Gasteiger partial charge in [-0.25, -0.2) is 0 Å². The Hall–Kier alpha value is -0.370. The predicted octanol–water partition coefficient (Wildman–Crippen LogP) is 1.00. The lowest BCUT2D eigenvalue weighted by molar-refractivity contribution is -0.122. The van der Waals surface area contributed by atoms with Gasteiger partial charge in [-0.1, -0.05) is 0 Å². The summed E-state index contributed by atoms with van der Waals surface area (Å²) >= 11 is 0. The van der Waals surface area contributed by atoms with Crippen molar-refractivity contribution in [1.82, 2.24) is 0 Å². The first kappa shape index (κ1) is 6.75. The Morgan fingerprint density at radius 2 is 2.44 bits per heavy atom. The van der Waals surface area contributed by atoms with Gasteiger partial charge >= 0.3 is 0 Å². The van der Waals surface area contributed by atoms with E-state index in [-0.39, 0.29) is 12.0 Å². The lowest BCUT2D eigenvalue weighted by Crippen LogP contribution is -2.34. The minimum absolute atomic E-state index is 0.199. The molecule has 0 saturated heterocycles. The Bertz CT molecular complexity index is 101. The summed E-state index contributed by atoms with van der Waals surface area (Å²) in [6, 6.07) is 0. The minimum Gasteiger partial charge on any atom is -0.378 e. The molecule has 0 aromatic rings. The molecule has 2 unspecified atom stereocenters. The molecule has 0 radical (unpaired) electrons. The Balaban J connectivity index is 2.18. The van der Waals surface area contributed by atoms with Crippen LogP contribution in [0.2, 0.25) is 0 Å². The highest BCUT2D eigenvalue weighted by atomic mass is 16.5. The summed E-state index contributed by atoms with van der Waals surface area (Å²) in [5.41, 5.74) is 0. The first-order chi connectivity index (χ1) is 4.38. The summed E-state index contributed by atoms with van der Waals surface area (Å²) in [5.74, 6) is 0.199. The molecule has 0 aromatic carbocycles. The van der Waals surface area contributed by atoms with Crippen LogP contribution in [0.1, 0.15) is 19.8 Å². The fourth-order valence-corrected chi connectivity index (χ4v) is 1.07. The Labute approximate surface area is 55.2 Å². The monoisotopic (exact) mass is 128 g/mol. The van der Waals surface area contributed by atoms with Gasteiger partial charge in [0.15, 0.2) is 0 Å². The van der Waals surface area contributed by atoms with Crippen LogP contribution < -0.4 is 0 Å². The third-order valence-electron chi connectivity index (χ3n) is 1.82. The highest BCUT2D eigenvalue weighted by Gasteiger charge is 2.30. The Morgan fingerprint density at radius 1 is 1.67 bits per heavy atom. The first-order valence-corrected chi connectivity index (χ1v) is 3.45. The molecule has 2 heteroatoms. The van der Waals surface area contributed by atoms with Crippen molar-refractivity contribution in [2.45, 2.75) is 25.9 Å². The molecule has 0 heterocycles. The summed E-state index contributed by atoms with van der Waals surface area (Å²) in [6.45, 7) is 2.69. The molecular weight excluding hydrogens is 116 g/mol. The Kier molecular flexibility index (Phi) is 2.22. The van der Waals surface area contributed by atoms with Crippen LogP contribution in [0.4, 0.5) is 0 Å². The number of carbonyl (C=O) groups is 1. The van der Waals surface area contributed by atoms with Gasteiger partial charge in [-0.05, 0) is 19.8 Å². The van der Waals surface area contributed by atoms with Crippen LogP contribution in [-0.4, -0.2) is 19.0 Å². The average molecular weight is 128 g/mol. The maximum atomic E-state index is 10.2. The molecule has 1 fully saturated rings. The SMILES string of the molecule is CCOC1CCC1C=O. The molecule has 0 aromatic heterocycles. The second kappa shape index (κ2) is 2.97. The van der Waals surface area contributed by atoms with Gasteiger partial charge in [0.05, 0.1) is 6.10 Å². The molecule has 1 saturated carbocycles. The molecule has 2 nitrogen and oxygen atoms in total. The van der Waals surface area contributed by atoms with Crippen molar-refractivity contribution < 1.29 is 9.53 Å². The van der Waals surface area contributed by atoms with Gasteiger partial charge in [0.2, 0.25) is 0 Å². The number of aldehydes is 1. The summed E-state index contributed by atoms with van der Waals surface area (Å²) in [4.78, 5) is 10.2. The molecule has 0 spiro atoms. The standard InChI is InChI=1S/C7H12O2/c1-2-9-7-4-3-6(7)5-8/h5-7H,2-4H2,1H3. The van der Waals surface area contributed by atoms with Gasteiger partial charge < -0.3 is 9.53 Å². The molecule has 1 aliphatic rings. The topological polar surface area (TPSA) is 26.3 Å². The van der Waals surface area contributed by atoms with Gasteiger partial charge in [0.1, 0.15) is 6.29 Å². The molecule has 0 amide bonds. The van der Waals surface area contributed by atoms with E-state index in [0.29, 0.717) is 0 Å². The summed E-state index contributed by atoms with van der Waals surface area (Å²) in [6.07, 6.45) is 3.34. The highest BCUT2D eigenvalue weighted by Crippen LogP contribution is 2.27. The lowest BCUT2D eigenvalue weighted by atomic mass is 9.83. The van der Waals surface area contributed by atoms with Crippen LogP contribution in [0.25, 0.3) is 0 Å². The highest BCUT2D eigenvalue weighted by molar-refractivity contribution is 5.56. The molecule has 0 aliphatic heterocycles. The first-order valence-electron chi connectivity index (χ1n) is 3.45. The maximum Gasteiger partial charge on any atom is 0.125 e. The maximum absolute atomic E-state index is 10.2. The lowest BCUT2D eigenvalue weighted by Gasteiger charge is -2.31. The summed E-state index contributed by atoms with van der Waals surface area (Å²) in [5, 5.41) is 0. The van der Waals surface area contributed by atoms with Crippen LogP contribution in [0.3, 0.4) is 0 Å². The second-order valence-corrected chi connectivity index (χ2v) is 2.37. The molecule has 0 bridgehead atoms. The molecule has 9 heavy (non-hydrogen) atoms. The van der Waals surface area contributed by atoms with Crippen LogP contribution in [0.5, 0.6) is 0 Å². The van der Waals surface area contributed by atoms with E-state index in [2.05, 4.69) is 0 Å². The number of ether oxygens (including phenoxy) is 1. The largest absolute Gasteiger partial charge is 0.378 e. The van der Waals surface area contributed by atoms with Gasteiger partial charge in [-0.15, -0.1) is 0 Å². The van der Waals surface area contributed by atoms with Gasteiger partial charge in [0.25, 0.3) is 0 Å². The molecular formula is C7H12O2. The predicted molar refractivity (Wildman–Crippen MR) is 34.2 cm³/mol. The second-order valence-electron chi connectivity index (χ2n) is 2.37. The Morgan fingerprint density at radius 3 is 2.78 bits per heavy atom. The van der Waals surface area contributed by atoms with E-state index in [4.69, 9.17) is 4.74 Å². The number of hydrogen-bond acceptors (Lipinski definition) is 2. The van der Waals surface area contributed by atoms with Crippen molar-refractivity contribution in [3.05, 3.63) is 0 Å². The fraction of sp³-hybridized carbons (Fsp3) is 0.857. The van der Waals surface area contributed by atoms with Crippen LogP contribution >= 0.6 is 0 Å². The molecule has 0 N–H and O–H groups in total. The third kappa shape index (κ3) is 1.30. The van der Waals surface area contributed by atoms with Crippen molar-refractivity contribution in [3.8, 4) is 0 Å². The number of carbonyl (C=O) groups excluding carboxylic acids is 1. The van der Waals surface area contributed by atoms with Crippen molar-refractivity contribution in [1.29, 1.82) is 0 Å². The third-order valence-corrected chi connectivity index (χ3v) is 1.82. The van der Waals surface area contributed by atoms with Crippen molar-refractivity contribution in [2.24, 2.45) is 5.92 Å². The molecule has 52 valence electrons. The molecule has 1 aliphatic carbocycles. The summed E-state index contributed by atoms with van der Waals surface area (Å²) < 4.78 is 5.25. The smallest absolute Gasteiger partial charge is 0.125 e. The van der Waals surface area contributed by atoms with E-state index in [1.165, 1.54) is 0 Å². The quantitative estimate of drug-likeness (QED) is 0.530. The van der Waals surface area contributed by atoms with E-state index >= 15 is 0 Å². The molecule has 2 atom stereocenters. The minimum atomic E-state index is 0.199. The zero-order valence-corrected chi connectivity index (χ0v) is 5.67. The van der Waals surface area contributed by atoms with E-state index in [1.54, 1.807) is 0 Å². The van der Waals surface area contributed by atoms with E-state index < -0.39 is 0 Å². The van der Waals surface area contributed by atoms with Crippen LogP contribution in [-0.2, 0) is 9.53 Å². The van der Waals surface area contributed by atoms with Crippen LogP contribution in [0, 0.1) is 5.92 Å².